The lowest BCUT2D eigenvalue weighted by Crippen LogP contribution is -2.06. The third kappa shape index (κ3) is 5.71. The SMILES string of the molecule is O=C1OC(c2ccc([N+](=O)[O-])cc2Cl)=N/C1=C\c1cc(I)c(OCc2ccccc2I)c(I)c1. The molecule has 0 amide bonds. The molecule has 0 unspecified atom stereocenters. The van der Waals surface area contributed by atoms with Crippen molar-refractivity contribution >= 4 is 103 Å². The predicted molar refractivity (Wildman–Crippen MR) is 154 cm³/mol. The lowest BCUT2D eigenvalue weighted by Gasteiger charge is -2.12. The molecule has 4 rings (SSSR count). The van der Waals surface area contributed by atoms with Gasteiger partial charge < -0.3 is 9.47 Å². The van der Waals surface area contributed by atoms with Crippen molar-refractivity contribution in [3.63, 3.8) is 0 Å². The molecule has 3 aromatic rings. The number of carbonyl (C=O) groups is 1. The van der Waals surface area contributed by atoms with E-state index in [1.165, 1.54) is 18.2 Å². The van der Waals surface area contributed by atoms with Crippen molar-refractivity contribution in [2.45, 2.75) is 6.61 Å². The molecule has 0 saturated carbocycles. The summed E-state index contributed by atoms with van der Waals surface area (Å²) in [6, 6.07) is 15.7. The number of non-ortho nitro benzene ring substituents is 1. The van der Waals surface area contributed by atoms with E-state index in [4.69, 9.17) is 21.1 Å². The Balaban J connectivity index is 1.58. The molecule has 0 saturated heterocycles. The molecule has 34 heavy (non-hydrogen) atoms. The van der Waals surface area contributed by atoms with E-state index in [2.05, 4.69) is 72.8 Å². The molecule has 0 radical (unpaired) electrons. The Labute approximate surface area is 240 Å². The van der Waals surface area contributed by atoms with Gasteiger partial charge in [0.2, 0.25) is 5.90 Å². The zero-order valence-electron chi connectivity index (χ0n) is 16.9. The first kappa shape index (κ1) is 25.3. The summed E-state index contributed by atoms with van der Waals surface area (Å²) in [4.78, 5) is 27.0. The zero-order valence-corrected chi connectivity index (χ0v) is 24.2. The first-order chi connectivity index (χ1) is 16.2. The summed E-state index contributed by atoms with van der Waals surface area (Å²) >= 11 is 12.8. The van der Waals surface area contributed by atoms with Crippen molar-refractivity contribution in [2.24, 2.45) is 4.99 Å². The molecule has 1 heterocycles. The number of nitrogens with zero attached hydrogens (tertiary/aromatic N) is 2. The van der Waals surface area contributed by atoms with E-state index in [0.29, 0.717) is 12.2 Å². The summed E-state index contributed by atoms with van der Waals surface area (Å²) in [5.41, 5.74) is 2.09. The standard InChI is InChI=1S/C23H12ClI3N2O5/c24-16-10-14(29(31)32)5-6-15(16)22-28-20(23(30)34-22)9-12-7-18(26)21(19(27)8-12)33-11-13-3-1-2-4-17(13)25/h1-10H,11H2/b20-9-. The minimum absolute atomic E-state index is 0.00189. The van der Waals surface area contributed by atoms with E-state index in [-0.39, 0.29) is 22.3 Å². The highest BCUT2D eigenvalue weighted by Gasteiger charge is 2.26. The Morgan fingerprint density at radius 1 is 1.06 bits per heavy atom. The molecule has 0 bridgehead atoms. The Morgan fingerprint density at radius 3 is 2.41 bits per heavy atom. The van der Waals surface area contributed by atoms with Gasteiger partial charge in [0.25, 0.3) is 5.69 Å². The fourth-order valence-corrected chi connectivity index (χ4v) is 5.97. The van der Waals surface area contributed by atoms with Crippen LogP contribution in [0, 0.1) is 20.8 Å². The number of esters is 1. The van der Waals surface area contributed by atoms with Crippen LogP contribution in [0.3, 0.4) is 0 Å². The molecule has 0 fully saturated rings. The summed E-state index contributed by atoms with van der Waals surface area (Å²) < 4.78 is 14.2. The number of aliphatic imine (C=N–C) groups is 1. The molecule has 0 atom stereocenters. The van der Waals surface area contributed by atoms with Crippen molar-refractivity contribution < 1.29 is 19.2 Å². The highest BCUT2D eigenvalue weighted by atomic mass is 127. The summed E-state index contributed by atoms with van der Waals surface area (Å²) in [6.07, 6.45) is 1.61. The number of nitro groups is 1. The van der Waals surface area contributed by atoms with Gasteiger partial charge in [0.15, 0.2) is 5.70 Å². The van der Waals surface area contributed by atoms with Gasteiger partial charge in [-0.2, -0.15) is 0 Å². The number of halogens is 4. The minimum Gasteiger partial charge on any atom is -0.487 e. The Morgan fingerprint density at radius 2 is 1.76 bits per heavy atom. The van der Waals surface area contributed by atoms with Gasteiger partial charge in [-0.1, -0.05) is 29.8 Å². The number of ether oxygens (including phenoxy) is 2. The number of nitro benzene ring substituents is 1. The molecule has 1 aliphatic heterocycles. The van der Waals surface area contributed by atoms with E-state index in [9.17, 15) is 14.9 Å². The van der Waals surface area contributed by atoms with Gasteiger partial charge in [0.05, 0.1) is 22.6 Å². The maximum absolute atomic E-state index is 12.4. The Hall–Kier alpha value is -1.78. The van der Waals surface area contributed by atoms with Crippen molar-refractivity contribution in [1.82, 2.24) is 0 Å². The van der Waals surface area contributed by atoms with Gasteiger partial charge >= 0.3 is 5.97 Å². The van der Waals surface area contributed by atoms with Crippen LogP contribution in [-0.2, 0) is 16.1 Å². The van der Waals surface area contributed by atoms with Crippen LogP contribution >= 0.6 is 79.4 Å². The number of carbonyl (C=O) groups excluding carboxylic acids is 1. The van der Waals surface area contributed by atoms with E-state index in [1.807, 2.05) is 36.4 Å². The predicted octanol–water partition coefficient (Wildman–Crippen LogP) is 6.99. The van der Waals surface area contributed by atoms with E-state index in [0.717, 1.165) is 27.6 Å². The topological polar surface area (TPSA) is 91.0 Å². The third-order valence-corrected chi connectivity index (χ3v) is 7.64. The van der Waals surface area contributed by atoms with Gasteiger partial charge in [0.1, 0.15) is 12.4 Å². The molecule has 1 aliphatic rings. The second kappa shape index (κ2) is 10.9. The summed E-state index contributed by atoms with van der Waals surface area (Å²) in [7, 11) is 0. The fraction of sp³-hybridized carbons (Fsp3) is 0.0435. The monoisotopic (exact) mass is 812 g/mol. The molecule has 7 nitrogen and oxygen atoms in total. The number of benzene rings is 3. The molecule has 11 heteroatoms. The smallest absolute Gasteiger partial charge is 0.363 e. The van der Waals surface area contributed by atoms with Gasteiger partial charge in [-0.05, 0) is 104 Å². The van der Waals surface area contributed by atoms with E-state index >= 15 is 0 Å². The highest BCUT2D eigenvalue weighted by Crippen LogP contribution is 2.32. The van der Waals surface area contributed by atoms with Crippen molar-refractivity contribution in [1.29, 1.82) is 0 Å². The first-order valence-electron chi connectivity index (χ1n) is 9.55. The Bertz CT molecular complexity index is 1370. The first-order valence-corrected chi connectivity index (χ1v) is 13.2. The quantitative estimate of drug-likeness (QED) is 0.0882. The van der Waals surface area contributed by atoms with Crippen LogP contribution in [0.5, 0.6) is 5.75 Å². The minimum atomic E-state index is -0.631. The van der Waals surface area contributed by atoms with Gasteiger partial charge in [-0.3, -0.25) is 10.1 Å². The van der Waals surface area contributed by atoms with Crippen LogP contribution in [0.1, 0.15) is 16.7 Å². The molecule has 0 N–H and O–H groups in total. The molecule has 172 valence electrons. The number of hydrogen-bond donors (Lipinski definition) is 0. The van der Waals surface area contributed by atoms with Crippen LogP contribution < -0.4 is 4.74 Å². The number of hydrogen-bond acceptors (Lipinski definition) is 6. The molecule has 3 aromatic carbocycles. The third-order valence-electron chi connectivity index (χ3n) is 4.67. The summed E-state index contributed by atoms with van der Waals surface area (Å²) in [5, 5.41) is 11.0. The van der Waals surface area contributed by atoms with Crippen LogP contribution in [0.4, 0.5) is 5.69 Å². The van der Waals surface area contributed by atoms with Crippen LogP contribution in [-0.4, -0.2) is 16.8 Å². The second-order valence-corrected chi connectivity index (χ2v) is 10.8. The van der Waals surface area contributed by atoms with Crippen molar-refractivity contribution in [3.8, 4) is 5.75 Å². The largest absolute Gasteiger partial charge is 0.487 e. The molecular formula is C23H12ClI3N2O5. The normalized spacial score (nSPS) is 14.2. The van der Waals surface area contributed by atoms with Gasteiger partial charge in [0, 0.05) is 21.3 Å². The van der Waals surface area contributed by atoms with Crippen molar-refractivity contribution in [2.75, 3.05) is 0 Å². The molecular weight excluding hydrogens is 800 g/mol. The van der Waals surface area contributed by atoms with Crippen molar-refractivity contribution in [3.05, 3.63) is 103 Å². The van der Waals surface area contributed by atoms with E-state index < -0.39 is 10.9 Å². The summed E-state index contributed by atoms with van der Waals surface area (Å²) in [6.45, 7) is 0.446. The van der Waals surface area contributed by atoms with Gasteiger partial charge in [-0.25, -0.2) is 9.79 Å². The lowest BCUT2D eigenvalue weighted by atomic mass is 10.2. The summed E-state index contributed by atoms with van der Waals surface area (Å²) in [5.74, 6) is 0.130. The van der Waals surface area contributed by atoms with Crippen LogP contribution in [0.25, 0.3) is 6.08 Å². The van der Waals surface area contributed by atoms with Gasteiger partial charge in [-0.15, -0.1) is 0 Å². The lowest BCUT2D eigenvalue weighted by molar-refractivity contribution is -0.384. The van der Waals surface area contributed by atoms with Crippen LogP contribution in [0.15, 0.2) is 65.3 Å². The number of cyclic esters (lactones) is 1. The fourth-order valence-electron chi connectivity index (χ4n) is 3.04. The van der Waals surface area contributed by atoms with E-state index in [1.54, 1.807) is 6.08 Å². The molecule has 0 spiro atoms. The number of rotatable bonds is 6. The van der Waals surface area contributed by atoms with Crippen LogP contribution in [0.2, 0.25) is 5.02 Å². The molecule has 0 aromatic heterocycles. The maximum atomic E-state index is 12.4. The maximum Gasteiger partial charge on any atom is 0.363 e. The average Bonchev–Trinajstić information content (AvgIpc) is 3.14. The average molecular weight is 813 g/mol. The second-order valence-electron chi connectivity index (χ2n) is 6.95. The highest BCUT2D eigenvalue weighted by molar-refractivity contribution is 14.1. The molecule has 0 aliphatic carbocycles. The Kier molecular flexibility index (Phi) is 8.09. The zero-order chi connectivity index (χ0) is 24.4.